The van der Waals surface area contributed by atoms with Crippen LogP contribution in [-0.2, 0) is 4.79 Å². The molecule has 0 radical (unpaired) electrons. The average Bonchev–Trinajstić information content (AvgIpc) is 3.32. The smallest absolute Gasteiger partial charge is 0.230 e. The fourth-order valence-corrected chi connectivity index (χ4v) is 4.91. The van der Waals surface area contributed by atoms with Crippen molar-refractivity contribution in [1.82, 2.24) is 10.3 Å². The number of H-pyrrole nitrogens is 1. The first-order valence-electron chi connectivity index (χ1n) is 11.2. The number of aromatic nitrogens is 1. The third kappa shape index (κ3) is 4.84. The summed E-state index contributed by atoms with van der Waals surface area (Å²) in [4.78, 5) is 17.1. The van der Waals surface area contributed by atoms with Gasteiger partial charge in [0.25, 0.3) is 0 Å². The molecule has 4 aromatic rings. The molecule has 6 nitrogen and oxygen atoms in total. The van der Waals surface area contributed by atoms with Crippen LogP contribution < -0.4 is 19.5 Å². The van der Waals surface area contributed by atoms with E-state index in [0.29, 0.717) is 25.5 Å². The van der Waals surface area contributed by atoms with Crippen LogP contribution in [-0.4, -0.2) is 43.5 Å². The number of carbonyl (C=O) groups is 1. The van der Waals surface area contributed by atoms with E-state index in [1.54, 1.807) is 7.11 Å². The van der Waals surface area contributed by atoms with Gasteiger partial charge in [0.15, 0.2) is 11.5 Å². The number of nitrogens with one attached hydrogen (secondary N) is 2. The van der Waals surface area contributed by atoms with Gasteiger partial charge in [0.1, 0.15) is 19.0 Å². The molecule has 0 spiro atoms. The highest BCUT2D eigenvalue weighted by molar-refractivity contribution is 8.00. The van der Waals surface area contributed by atoms with E-state index in [2.05, 4.69) is 34.6 Å². The molecular formula is C27H26N2O4S. The van der Waals surface area contributed by atoms with Crippen LogP contribution in [0, 0.1) is 0 Å². The van der Waals surface area contributed by atoms with E-state index in [9.17, 15) is 4.79 Å². The van der Waals surface area contributed by atoms with Crippen LogP contribution in [0.3, 0.4) is 0 Å². The molecule has 3 aromatic carbocycles. The van der Waals surface area contributed by atoms with Crippen molar-refractivity contribution >= 4 is 28.6 Å². The number of para-hydroxylation sites is 1. The highest BCUT2D eigenvalue weighted by Crippen LogP contribution is 2.34. The van der Waals surface area contributed by atoms with Crippen LogP contribution >= 0.6 is 11.8 Å². The van der Waals surface area contributed by atoms with Gasteiger partial charge in [0.05, 0.1) is 12.9 Å². The van der Waals surface area contributed by atoms with Gasteiger partial charge in [-0.25, -0.2) is 0 Å². The summed E-state index contributed by atoms with van der Waals surface area (Å²) in [6, 6.07) is 22.0. The molecule has 1 aliphatic rings. The monoisotopic (exact) mass is 474 g/mol. The first-order chi connectivity index (χ1) is 16.7. The van der Waals surface area contributed by atoms with Gasteiger partial charge < -0.3 is 24.5 Å². The maximum atomic E-state index is 12.8. The lowest BCUT2D eigenvalue weighted by atomic mass is 9.91. The summed E-state index contributed by atoms with van der Waals surface area (Å²) in [5, 5.41) is 4.29. The van der Waals surface area contributed by atoms with Gasteiger partial charge in [-0.3, -0.25) is 4.79 Å². The Balaban J connectivity index is 1.29. The summed E-state index contributed by atoms with van der Waals surface area (Å²) in [6.45, 7) is 1.60. The lowest BCUT2D eigenvalue weighted by molar-refractivity contribution is -0.118. The maximum absolute atomic E-state index is 12.8. The molecule has 0 fully saturated rings. The van der Waals surface area contributed by atoms with E-state index in [1.165, 1.54) is 11.8 Å². The van der Waals surface area contributed by atoms with Gasteiger partial charge in [-0.2, -0.15) is 0 Å². The predicted octanol–water partition coefficient (Wildman–Crippen LogP) is 4.99. The standard InChI is InChI=1S/C27H26N2O4S/c1-31-19-8-6-18(7-9-19)22(23-16-28-24-5-3-2-4-21(23)24)15-29-27(30)17-34-20-10-11-25-26(14-20)33-13-12-32-25/h2-11,14,16,22,28H,12-13,15,17H2,1H3,(H,29,30). The second kappa shape index (κ2) is 10.1. The van der Waals surface area contributed by atoms with Gasteiger partial charge in [-0.1, -0.05) is 30.3 Å². The van der Waals surface area contributed by atoms with Crippen molar-refractivity contribution in [3.63, 3.8) is 0 Å². The molecule has 0 bridgehead atoms. The maximum Gasteiger partial charge on any atom is 0.230 e. The van der Waals surface area contributed by atoms with Crippen molar-refractivity contribution in [2.75, 3.05) is 32.6 Å². The van der Waals surface area contributed by atoms with Gasteiger partial charge in [0, 0.05) is 34.5 Å². The Bertz CT molecular complexity index is 1290. The van der Waals surface area contributed by atoms with E-state index < -0.39 is 0 Å². The highest BCUT2D eigenvalue weighted by Gasteiger charge is 2.20. The summed E-state index contributed by atoms with van der Waals surface area (Å²) in [6.07, 6.45) is 2.04. The Labute approximate surface area is 202 Å². The van der Waals surface area contributed by atoms with E-state index in [4.69, 9.17) is 14.2 Å². The summed E-state index contributed by atoms with van der Waals surface area (Å²) in [5.74, 6) is 2.60. The van der Waals surface area contributed by atoms with E-state index in [1.807, 2.05) is 48.7 Å². The highest BCUT2D eigenvalue weighted by atomic mass is 32.2. The minimum atomic E-state index is -0.0155. The molecule has 0 aliphatic carbocycles. The summed E-state index contributed by atoms with van der Waals surface area (Å²) < 4.78 is 16.5. The van der Waals surface area contributed by atoms with Gasteiger partial charge >= 0.3 is 0 Å². The fourth-order valence-electron chi connectivity index (χ4n) is 4.16. The molecule has 1 unspecified atom stereocenters. The number of aromatic amines is 1. The second-order valence-corrected chi connectivity index (χ2v) is 9.06. The molecule has 34 heavy (non-hydrogen) atoms. The molecule has 2 N–H and O–H groups in total. The molecule has 0 saturated heterocycles. The molecule has 174 valence electrons. The SMILES string of the molecule is COc1ccc(C(CNC(=O)CSc2ccc3c(c2)OCCO3)c2c[nH]c3ccccc23)cc1. The molecule has 1 aliphatic heterocycles. The molecule has 1 atom stereocenters. The van der Waals surface area contributed by atoms with E-state index in [0.717, 1.165) is 44.2 Å². The van der Waals surface area contributed by atoms with Crippen LogP contribution in [0.15, 0.2) is 77.8 Å². The zero-order valence-electron chi connectivity index (χ0n) is 18.9. The van der Waals surface area contributed by atoms with E-state index >= 15 is 0 Å². The number of fused-ring (bicyclic) bond motifs is 2. The molecule has 0 saturated carbocycles. The number of methoxy groups -OCH3 is 1. The van der Waals surface area contributed by atoms with Gasteiger partial charge in [-0.15, -0.1) is 11.8 Å². The minimum Gasteiger partial charge on any atom is -0.497 e. The molecule has 2 heterocycles. The van der Waals surface area contributed by atoms with Gasteiger partial charge in [-0.05, 0) is 47.5 Å². The fraction of sp³-hybridized carbons (Fsp3) is 0.222. The summed E-state index contributed by atoms with van der Waals surface area (Å²) in [7, 11) is 1.66. The zero-order valence-corrected chi connectivity index (χ0v) is 19.7. The zero-order chi connectivity index (χ0) is 23.3. The number of rotatable bonds is 8. The van der Waals surface area contributed by atoms with Crippen LogP contribution in [0.1, 0.15) is 17.0 Å². The summed E-state index contributed by atoms with van der Waals surface area (Å²) >= 11 is 1.48. The largest absolute Gasteiger partial charge is 0.497 e. The van der Waals surface area contributed by atoms with Crippen molar-refractivity contribution in [1.29, 1.82) is 0 Å². The van der Waals surface area contributed by atoms with Crippen molar-refractivity contribution in [3.8, 4) is 17.2 Å². The van der Waals surface area contributed by atoms with Crippen molar-refractivity contribution in [2.45, 2.75) is 10.8 Å². The molecule has 1 amide bonds. The Morgan fingerprint density at radius 2 is 1.85 bits per heavy atom. The normalized spacial score (nSPS) is 13.4. The molecular weight excluding hydrogens is 448 g/mol. The van der Waals surface area contributed by atoms with Crippen LogP contribution in [0.5, 0.6) is 17.2 Å². The molecule has 1 aromatic heterocycles. The first kappa shape index (κ1) is 22.2. The number of hydrogen-bond acceptors (Lipinski definition) is 5. The Morgan fingerprint density at radius 1 is 1.06 bits per heavy atom. The first-order valence-corrected chi connectivity index (χ1v) is 12.2. The number of ether oxygens (including phenoxy) is 3. The number of amides is 1. The third-order valence-corrected chi connectivity index (χ3v) is 6.90. The minimum absolute atomic E-state index is 0.00491. The quantitative estimate of drug-likeness (QED) is 0.352. The van der Waals surface area contributed by atoms with Crippen molar-refractivity contribution in [3.05, 3.63) is 84.1 Å². The topological polar surface area (TPSA) is 72.6 Å². The average molecular weight is 475 g/mol. The molecule has 7 heteroatoms. The third-order valence-electron chi connectivity index (χ3n) is 5.90. The number of carbonyl (C=O) groups excluding carboxylic acids is 1. The molecule has 5 rings (SSSR count). The Kier molecular flexibility index (Phi) is 6.62. The lowest BCUT2D eigenvalue weighted by Gasteiger charge is -2.19. The van der Waals surface area contributed by atoms with Gasteiger partial charge in [0.2, 0.25) is 5.91 Å². The Morgan fingerprint density at radius 3 is 2.68 bits per heavy atom. The van der Waals surface area contributed by atoms with Crippen molar-refractivity contribution < 1.29 is 19.0 Å². The van der Waals surface area contributed by atoms with E-state index in [-0.39, 0.29) is 11.8 Å². The van der Waals surface area contributed by atoms with Crippen LogP contribution in [0.2, 0.25) is 0 Å². The predicted molar refractivity (Wildman–Crippen MR) is 134 cm³/mol. The lowest BCUT2D eigenvalue weighted by Crippen LogP contribution is -2.30. The van der Waals surface area contributed by atoms with Crippen molar-refractivity contribution in [2.24, 2.45) is 0 Å². The number of hydrogen-bond donors (Lipinski definition) is 2. The second-order valence-electron chi connectivity index (χ2n) is 8.01. The number of benzene rings is 3. The van der Waals surface area contributed by atoms with Crippen LogP contribution in [0.25, 0.3) is 10.9 Å². The number of thioether (sulfide) groups is 1. The summed E-state index contributed by atoms with van der Waals surface area (Å²) in [5.41, 5.74) is 3.35. The van der Waals surface area contributed by atoms with Crippen LogP contribution in [0.4, 0.5) is 0 Å². The Hall–Kier alpha value is -3.58.